The first-order valence-electron chi connectivity index (χ1n) is 12.3. The van der Waals surface area contributed by atoms with Crippen molar-refractivity contribution in [3.63, 3.8) is 0 Å². The zero-order chi connectivity index (χ0) is 23.5. The van der Waals surface area contributed by atoms with E-state index in [1.165, 1.54) is 10.6 Å². The van der Waals surface area contributed by atoms with Gasteiger partial charge in [0, 0.05) is 50.4 Å². The van der Waals surface area contributed by atoms with Crippen LogP contribution < -0.4 is 10.2 Å². The molecule has 178 valence electrons. The molecule has 2 heterocycles. The van der Waals surface area contributed by atoms with Gasteiger partial charge >= 0.3 is 6.03 Å². The fraction of sp³-hybridized carbons (Fsp3) is 0.444. The predicted octanol–water partition coefficient (Wildman–Crippen LogP) is 2.91. The molecule has 5 rings (SSSR count). The van der Waals surface area contributed by atoms with Gasteiger partial charge in [-0.2, -0.15) is 0 Å². The molecular weight excluding hydrogens is 428 g/mol. The molecule has 0 bridgehead atoms. The Labute approximate surface area is 200 Å². The molecule has 3 fully saturated rings. The first-order chi connectivity index (χ1) is 16.6. The summed E-state index contributed by atoms with van der Waals surface area (Å²) in [6.45, 7) is 3.43. The van der Waals surface area contributed by atoms with Gasteiger partial charge in [0.15, 0.2) is 0 Å². The lowest BCUT2D eigenvalue weighted by atomic mass is 9.76. The summed E-state index contributed by atoms with van der Waals surface area (Å²) in [6, 6.07) is 19.6. The number of carbonyl (C=O) groups is 3. The Hall–Kier alpha value is -3.35. The lowest BCUT2D eigenvalue weighted by Crippen LogP contribution is -2.62. The van der Waals surface area contributed by atoms with Crippen LogP contribution in [-0.4, -0.2) is 66.4 Å². The van der Waals surface area contributed by atoms with Gasteiger partial charge in [0.05, 0.1) is 5.92 Å². The molecule has 3 unspecified atom stereocenters. The number of piperazine rings is 1. The molecule has 0 radical (unpaired) electrons. The van der Waals surface area contributed by atoms with Crippen molar-refractivity contribution in [3.8, 4) is 0 Å². The number of benzene rings is 2. The molecule has 1 N–H and O–H groups in total. The third kappa shape index (κ3) is 4.65. The van der Waals surface area contributed by atoms with Crippen molar-refractivity contribution in [2.75, 3.05) is 37.6 Å². The van der Waals surface area contributed by atoms with Crippen LogP contribution in [-0.2, 0) is 16.0 Å². The highest BCUT2D eigenvalue weighted by Crippen LogP contribution is 2.34. The van der Waals surface area contributed by atoms with Gasteiger partial charge in [-0.1, -0.05) is 48.5 Å². The van der Waals surface area contributed by atoms with Crippen LogP contribution in [0.1, 0.15) is 24.8 Å². The minimum atomic E-state index is -0.327. The Kier molecular flexibility index (Phi) is 6.52. The maximum Gasteiger partial charge on any atom is 0.324 e. The molecule has 7 nitrogen and oxygen atoms in total. The first kappa shape index (κ1) is 22.4. The van der Waals surface area contributed by atoms with E-state index in [2.05, 4.69) is 22.3 Å². The van der Waals surface area contributed by atoms with E-state index in [4.69, 9.17) is 0 Å². The van der Waals surface area contributed by atoms with E-state index in [1.807, 2.05) is 53.4 Å². The second-order valence-corrected chi connectivity index (χ2v) is 9.55. The van der Waals surface area contributed by atoms with Crippen LogP contribution in [0.5, 0.6) is 0 Å². The molecule has 0 aromatic heterocycles. The van der Waals surface area contributed by atoms with Crippen molar-refractivity contribution >= 4 is 23.5 Å². The molecule has 7 heteroatoms. The highest BCUT2D eigenvalue weighted by molar-refractivity contribution is 5.99. The summed E-state index contributed by atoms with van der Waals surface area (Å²) in [5.74, 6) is -0.285. The van der Waals surface area contributed by atoms with Gasteiger partial charge in [0.25, 0.3) is 0 Å². The summed E-state index contributed by atoms with van der Waals surface area (Å²) in [4.78, 5) is 44.7. The van der Waals surface area contributed by atoms with E-state index >= 15 is 0 Å². The van der Waals surface area contributed by atoms with Crippen LogP contribution in [0.15, 0.2) is 60.7 Å². The van der Waals surface area contributed by atoms with Crippen LogP contribution >= 0.6 is 0 Å². The molecule has 1 aliphatic carbocycles. The Morgan fingerprint density at radius 3 is 2.26 bits per heavy atom. The molecule has 0 spiro atoms. The van der Waals surface area contributed by atoms with E-state index in [0.717, 1.165) is 18.7 Å². The lowest BCUT2D eigenvalue weighted by Gasteiger charge is -2.43. The monoisotopic (exact) mass is 460 g/mol. The van der Waals surface area contributed by atoms with Crippen molar-refractivity contribution < 1.29 is 14.4 Å². The van der Waals surface area contributed by atoms with Crippen LogP contribution in [0.3, 0.4) is 0 Å². The molecule has 3 atom stereocenters. The Morgan fingerprint density at radius 2 is 1.56 bits per heavy atom. The molecule has 3 aliphatic rings. The number of fused-ring (bicyclic) bond motifs is 1. The smallest absolute Gasteiger partial charge is 0.324 e. The van der Waals surface area contributed by atoms with Crippen LogP contribution in [0.2, 0.25) is 0 Å². The zero-order valence-electron chi connectivity index (χ0n) is 19.4. The van der Waals surface area contributed by atoms with Crippen LogP contribution in [0.4, 0.5) is 10.5 Å². The lowest BCUT2D eigenvalue weighted by molar-refractivity contribution is -0.142. The first-order valence-corrected chi connectivity index (χ1v) is 12.3. The Bertz CT molecular complexity index is 1020. The van der Waals surface area contributed by atoms with E-state index in [1.54, 1.807) is 0 Å². The zero-order valence-corrected chi connectivity index (χ0v) is 19.4. The van der Waals surface area contributed by atoms with Crippen molar-refractivity contribution in [1.82, 2.24) is 15.1 Å². The van der Waals surface area contributed by atoms with Gasteiger partial charge < -0.3 is 15.1 Å². The SMILES string of the molecule is O=C(C1CCC2C(=O)N(CCc3ccccc3)C(=O)NC2C1)N1CCN(c2ccccc2)CC1. The number of imide groups is 1. The third-order valence-corrected chi connectivity index (χ3v) is 7.52. The van der Waals surface area contributed by atoms with E-state index < -0.39 is 0 Å². The molecular formula is C27H32N4O3. The summed E-state index contributed by atoms with van der Waals surface area (Å²) in [5.41, 5.74) is 2.29. The minimum absolute atomic E-state index is 0.0907. The fourth-order valence-corrected chi connectivity index (χ4v) is 5.57. The number of para-hydroxylation sites is 1. The number of carbonyl (C=O) groups excluding carboxylic acids is 3. The second kappa shape index (κ2) is 9.87. The average molecular weight is 461 g/mol. The van der Waals surface area contributed by atoms with Crippen molar-refractivity contribution in [2.45, 2.75) is 31.7 Å². The molecule has 34 heavy (non-hydrogen) atoms. The number of anilines is 1. The van der Waals surface area contributed by atoms with Crippen LogP contribution in [0, 0.1) is 11.8 Å². The average Bonchev–Trinajstić information content (AvgIpc) is 2.89. The number of amides is 4. The maximum atomic E-state index is 13.3. The van der Waals surface area contributed by atoms with Crippen molar-refractivity contribution in [1.29, 1.82) is 0 Å². The number of nitrogens with zero attached hydrogens (tertiary/aromatic N) is 3. The summed E-state index contributed by atoms with van der Waals surface area (Å²) in [5, 5.41) is 3.04. The number of rotatable bonds is 5. The molecule has 2 aromatic carbocycles. The summed E-state index contributed by atoms with van der Waals surface area (Å²) in [7, 11) is 0. The maximum absolute atomic E-state index is 13.3. The van der Waals surface area contributed by atoms with Gasteiger partial charge in [0.1, 0.15) is 0 Å². The quantitative estimate of drug-likeness (QED) is 0.745. The van der Waals surface area contributed by atoms with E-state index in [0.29, 0.717) is 45.3 Å². The highest BCUT2D eigenvalue weighted by Gasteiger charge is 2.45. The number of hydrogen-bond donors (Lipinski definition) is 1. The minimum Gasteiger partial charge on any atom is -0.368 e. The molecule has 1 saturated carbocycles. The molecule has 2 aromatic rings. The van der Waals surface area contributed by atoms with Crippen LogP contribution in [0.25, 0.3) is 0 Å². The van der Waals surface area contributed by atoms with E-state index in [-0.39, 0.29) is 35.7 Å². The Balaban J connectivity index is 1.15. The third-order valence-electron chi connectivity index (χ3n) is 7.52. The number of urea groups is 1. The molecule has 2 aliphatic heterocycles. The summed E-state index contributed by atoms with van der Waals surface area (Å²) >= 11 is 0. The van der Waals surface area contributed by atoms with Gasteiger partial charge in [-0.15, -0.1) is 0 Å². The summed E-state index contributed by atoms with van der Waals surface area (Å²) in [6.07, 6.45) is 2.54. The topological polar surface area (TPSA) is 73.0 Å². The second-order valence-electron chi connectivity index (χ2n) is 9.55. The largest absolute Gasteiger partial charge is 0.368 e. The van der Waals surface area contributed by atoms with Gasteiger partial charge in [0.2, 0.25) is 11.8 Å². The summed E-state index contributed by atoms with van der Waals surface area (Å²) < 4.78 is 0. The van der Waals surface area contributed by atoms with Crippen molar-refractivity contribution in [3.05, 3.63) is 66.2 Å². The van der Waals surface area contributed by atoms with Gasteiger partial charge in [-0.3, -0.25) is 14.5 Å². The van der Waals surface area contributed by atoms with Gasteiger partial charge in [-0.05, 0) is 43.4 Å². The predicted molar refractivity (Wildman–Crippen MR) is 130 cm³/mol. The molecule has 4 amide bonds. The van der Waals surface area contributed by atoms with Gasteiger partial charge in [-0.25, -0.2) is 4.79 Å². The molecule has 2 saturated heterocycles. The normalized spacial score (nSPS) is 25.1. The Morgan fingerprint density at radius 1 is 0.882 bits per heavy atom. The number of hydrogen-bond acceptors (Lipinski definition) is 4. The van der Waals surface area contributed by atoms with Crippen molar-refractivity contribution in [2.24, 2.45) is 11.8 Å². The highest BCUT2D eigenvalue weighted by atomic mass is 16.2. The fourth-order valence-electron chi connectivity index (χ4n) is 5.57. The number of nitrogens with one attached hydrogen (secondary N) is 1. The van der Waals surface area contributed by atoms with E-state index in [9.17, 15) is 14.4 Å². The standard InChI is InChI=1S/C27H32N4O3/c32-25(30-17-15-29(16-18-30)22-9-5-2-6-10-22)21-11-12-23-24(19-21)28-27(34)31(26(23)33)14-13-20-7-3-1-4-8-20/h1-10,21,23-24H,11-19H2,(H,28,34).